The molecule has 2 N–H and O–H groups in total. The van der Waals surface area contributed by atoms with Crippen LogP contribution >= 0.6 is 0 Å². The number of Topliss-reactive ketones (excluding diaryl/α,β-unsaturated/α-hetero) is 1. The van der Waals surface area contributed by atoms with Gasteiger partial charge in [-0.3, -0.25) is 14.4 Å². The van der Waals surface area contributed by atoms with Crippen LogP contribution in [0, 0.1) is 6.92 Å². The number of benzene rings is 2. The van der Waals surface area contributed by atoms with Crippen molar-refractivity contribution < 1.29 is 27.5 Å². The van der Waals surface area contributed by atoms with Gasteiger partial charge in [0.15, 0.2) is 22.2 Å². The summed E-state index contributed by atoms with van der Waals surface area (Å²) in [5, 5.41) is 3.67. The summed E-state index contributed by atoms with van der Waals surface area (Å²) >= 11 is 0. The lowest BCUT2D eigenvalue weighted by molar-refractivity contribution is -0.118. The summed E-state index contributed by atoms with van der Waals surface area (Å²) in [6.07, 6.45) is 0. The van der Waals surface area contributed by atoms with Crippen molar-refractivity contribution in [3.8, 4) is 5.75 Å². The first-order valence-electron chi connectivity index (χ1n) is 8.85. The second-order valence-electron chi connectivity index (χ2n) is 6.78. The largest absolute Gasteiger partial charge is 0.482 e. The average molecular weight is 416 g/mol. The first-order valence-corrected chi connectivity index (χ1v) is 10.6. The number of nitrogens with one attached hydrogen (secondary N) is 2. The van der Waals surface area contributed by atoms with Crippen molar-refractivity contribution in [3.05, 3.63) is 53.6 Å². The van der Waals surface area contributed by atoms with Gasteiger partial charge in [0.1, 0.15) is 16.8 Å². The highest BCUT2D eigenvalue weighted by Crippen LogP contribution is 2.29. The minimum absolute atomic E-state index is 0.102. The smallest absolute Gasteiger partial charge is 0.262 e. The van der Waals surface area contributed by atoms with E-state index in [1.165, 1.54) is 25.1 Å². The van der Waals surface area contributed by atoms with Crippen molar-refractivity contribution in [2.75, 3.05) is 23.0 Å². The van der Waals surface area contributed by atoms with Crippen LogP contribution in [0.1, 0.15) is 22.8 Å². The summed E-state index contributed by atoms with van der Waals surface area (Å²) in [5.74, 6) is -2.18. The monoisotopic (exact) mass is 416 g/mol. The number of anilines is 2. The van der Waals surface area contributed by atoms with Crippen molar-refractivity contribution >= 4 is 38.8 Å². The molecule has 0 bridgehead atoms. The van der Waals surface area contributed by atoms with Gasteiger partial charge in [-0.05, 0) is 49.7 Å². The first-order chi connectivity index (χ1) is 13.7. The van der Waals surface area contributed by atoms with Gasteiger partial charge in [-0.15, -0.1) is 0 Å². The van der Waals surface area contributed by atoms with Crippen LogP contribution in [-0.2, 0) is 19.4 Å². The maximum atomic E-state index is 12.7. The molecule has 0 saturated carbocycles. The highest BCUT2D eigenvalue weighted by Gasteiger charge is 2.31. The maximum Gasteiger partial charge on any atom is 0.262 e. The predicted octanol–water partition coefficient (Wildman–Crippen LogP) is 1.95. The van der Waals surface area contributed by atoms with Gasteiger partial charge in [-0.1, -0.05) is 12.1 Å². The van der Waals surface area contributed by atoms with Gasteiger partial charge in [0.05, 0.1) is 5.69 Å². The molecule has 9 heteroatoms. The van der Waals surface area contributed by atoms with E-state index in [1.54, 1.807) is 18.2 Å². The fourth-order valence-corrected chi connectivity index (χ4v) is 4.01. The second-order valence-corrected chi connectivity index (χ2v) is 9.10. The molecule has 0 aromatic heterocycles. The lowest BCUT2D eigenvalue weighted by atomic mass is 10.1. The van der Waals surface area contributed by atoms with Crippen molar-refractivity contribution in [1.82, 2.24) is 0 Å². The predicted molar refractivity (Wildman–Crippen MR) is 108 cm³/mol. The molecule has 8 nitrogen and oxygen atoms in total. The van der Waals surface area contributed by atoms with Gasteiger partial charge in [0, 0.05) is 11.3 Å². The Hall–Kier alpha value is -3.20. The Labute approximate surface area is 168 Å². The molecular formula is C20H20N2O6S. The number of hydrogen-bond acceptors (Lipinski definition) is 6. The third-order valence-electron chi connectivity index (χ3n) is 4.44. The van der Waals surface area contributed by atoms with E-state index in [2.05, 4.69) is 10.6 Å². The van der Waals surface area contributed by atoms with E-state index in [9.17, 15) is 22.8 Å². The topological polar surface area (TPSA) is 119 Å². The number of ketones is 1. The summed E-state index contributed by atoms with van der Waals surface area (Å²) in [6, 6.07) is 11.2. The molecule has 2 aromatic rings. The number of fused-ring (bicyclic) bond motifs is 1. The van der Waals surface area contributed by atoms with Gasteiger partial charge in [0.2, 0.25) is 5.91 Å². The lowest BCUT2D eigenvalue weighted by Gasteiger charge is -2.19. The third kappa shape index (κ3) is 4.80. The molecule has 1 aliphatic rings. The zero-order chi connectivity index (χ0) is 21.2. The number of carbonyl (C=O) groups excluding carboxylic acids is 3. The number of rotatable bonds is 6. The summed E-state index contributed by atoms with van der Waals surface area (Å²) in [6.45, 7) is 2.96. The van der Waals surface area contributed by atoms with Crippen LogP contribution in [0.5, 0.6) is 5.75 Å². The standard InChI is InChI=1S/C20H20N2O6S/c1-12-4-3-5-15(8-12)21-19(24)11-29(26,27)13(2)20(25)14-6-7-17-16(9-14)22-18(23)10-28-17/h3-9,13H,10-11H2,1-2H3,(H,21,24)(H,22,23). The van der Waals surface area contributed by atoms with Gasteiger partial charge >= 0.3 is 0 Å². The van der Waals surface area contributed by atoms with E-state index in [-0.39, 0.29) is 18.1 Å². The number of sulfone groups is 1. The number of amides is 2. The molecule has 0 saturated heterocycles. The normalized spacial score (nSPS) is 14.2. The quantitative estimate of drug-likeness (QED) is 0.695. The Morgan fingerprint density at radius 1 is 1.21 bits per heavy atom. The maximum absolute atomic E-state index is 12.7. The van der Waals surface area contributed by atoms with Gasteiger partial charge in [-0.25, -0.2) is 8.42 Å². The fourth-order valence-electron chi connectivity index (χ4n) is 2.86. The van der Waals surface area contributed by atoms with Crippen molar-refractivity contribution in [2.45, 2.75) is 19.1 Å². The minimum atomic E-state index is -4.05. The number of aryl methyl sites for hydroxylation is 1. The van der Waals surface area contributed by atoms with E-state index >= 15 is 0 Å². The molecular weight excluding hydrogens is 396 g/mol. The van der Waals surface area contributed by atoms with Crippen molar-refractivity contribution in [3.63, 3.8) is 0 Å². The molecule has 1 aliphatic heterocycles. The van der Waals surface area contributed by atoms with E-state index in [4.69, 9.17) is 4.74 Å². The van der Waals surface area contributed by atoms with Crippen LogP contribution in [0.4, 0.5) is 11.4 Å². The molecule has 29 heavy (non-hydrogen) atoms. The van der Waals surface area contributed by atoms with Crippen molar-refractivity contribution in [1.29, 1.82) is 0 Å². The number of hydrogen-bond donors (Lipinski definition) is 2. The molecule has 152 valence electrons. The number of ether oxygens (including phenoxy) is 1. The van der Waals surface area contributed by atoms with Crippen LogP contribution in [-0.4, -0.2) is 43.6 Å². The summed E-state index contributed by atoms with van der Waals surface area (Å²) in [5.41, 5.74) is 1.80. The van der Waals surface area contributed by atoms with Gasteiger partial charge in [0.25, 0.3) is 5.91 Å². The summed E-state index contributed by atoms with van der Waals surface area (Å²) < 4.78 is 30.4. The van der Waals surface area contributed by atoms with E-state index in [0.29, 0.717) is 17.1 Å². The average Bonchev–Trinajstić information content (AvgIpc) is 2.65. The molecule has 2 aromatic carbocycles. The van der Waals surface area contributed by atoms with Crippen LogP contribution < -0.4 is 15.4 Å². The fraction of sp³-hybridized carbons (Fsp3) is 0.250. The van der Waals surface area contributed by atoms with Crippen LogP contribution in [0.3, 0.4) is 0 Å². The zero-order valence-corrected chi connectivity index (χ0v) is 16.7. The number of carbonyl (C=O) groups is 3. The van der Waals surface area contributed by atoms with E-state index in [0.717, 1.165) is 5.56 Å². The molecule has 0 spiro atoms. The molecule has 1 atom stereocenters. The Morgan fingerprint density at radius 2 is 1.97 bits per heavy atom. The highest BCUT2D eigenvalue weighted by atomic mass is 32.2. The Balaban J connectivity index is 1.72. The SMILES string of the molecule is Cc1cccc(NC(=O)CS(=O)(=O)C(C)C(=O)c2ccc3c(c2)NC(=O)CO3)c1. The second kappa shape index (κ2) is 8.04. The molecule has 2 amide bonds. The zero-order valence-electron chi connectivity index (χ0n) is 15.9. The molecule has 0 fully saturated rings. The van der Waals surface area contributed by atoms with Crippen LogP contribution in [0.15, 0.2) is 42.5 Å². The summed E-state index contributed by atoms with van der Waals surface area (Å²) in [4.78, 5) is 36.3. The molecule has 0 radical (unpaired) electrons. The molecule has 1 unspecified atom stereocenters. The first kappa shape index (κ1) is 20.5. The summed E-state index contributed by atoms with van der Waals surface area (Å²) in [7, 11) is -4.05. The van der Waals surface area contributed by atoms with Crippen molar-refractivity contribution in [2.24, 2.45) is 0 Å². The third-order valence-corrected chi connectivity index (χ3v) is 6.39. The molecule has 3 rings (SSSR count). The van der Waals surface area contributed by atoms with Gasteiger partial charge < -0.3 is 15.4 Å². The van der Waals surface area contributed by atoms with E-state index in [1.807, 2.05) is 13.0 Å². The Kier molecular flexibility index (Phi) is 5.69. The van der Waals surface area contributed by atoms with Crippen LogP contribution in [0.25, 0.3) is 0 Å². The lowest BCUT2D eigenvalue weighted by Crippen LogP contribution is -2.34. The highest BCUT2D eigenvalue weighted by molar-refractivity contribution is 7.93. The Bertz CT molecular complexity index is 1090. The van der Waals surface area contributed by atoms with Crippen LogP contribution in [0.2, 0.25) is 0 Å². The molecule has 1 heterocycles. The van der Waals surface area contributed by atoms with Gasteiger partial charge in [-0.2, -0.15) is 0 Å². The molecule has 0 aliphatic carbocycles. The Morgan fingerprint density at radius 3 is 2.69 bits per heavy atom. The minimum Gasteiger partial charge on any atom is -0.482 e. The van der Waals surface area contributed by atoms with E-state index < -0.39 is 32.5 Å².